The van der Waals surface area contributed by atoms with Gasteiger partial charge in [-0.1, -0.05) is 29.8 Å². The van der Waals surface area contributed by atoms with E-state index in [0.717, 1.165) is 28.3 Å². The number of aryl methyl sites for hydroxylation is 1. The van der Waals surface area contributed by atoms with Gasteiger partial charge < -0.3 is 15.4 Å². The predicted molar refractivity (Wildman–Crippen MR) is 116 cm³/mol. The number of hydrogen-bond donors (Lipinski definition) is 2. The van der Waals surface area contributed by atoms with Gasteiger partial charge in [0.15, 0.2) is 0 Å². The molecule has 0 radical (unpaired) electrons. The van der Waals surface area contributed by atoms with Crippen LogP contribution < -0.4 is 15.4 Å². The number of ether oxygens (including phenoxy) is 1. The molecular weight excluding hydrogens is 378 g/mol. The van der Waals surface area contributed by atoms with E-state index in [2.05, 4.69) is 20.7 Å². The van der Waals surface area contributed by atoms with Gasteiger partial charge in [-0.15, -0.1) is 0 Å². The minimum atomic E-state index is -0.401. The summed E-state index contributed by atoms with van der Waals surface area (Å²) in [5, 5.41) is 10.6. The lowest BCUT2D eigenvalue weighted by atomic mass is 9.95. The van der Waals surface area contributed by atoms with Gasteiger partial charge in [0.2, 0.25) is 5.95 Å². The van der Waals surface area contributed by atoms with E-state index in [4.69, 9.17) is 4.74 Å². The first-order chi connectivity index (χ1) is 14.4. The third-order valence-corrected chi connectivity index (χ3v) is 4.92. The fourth-order valence-electron chi connectivity index (χ4n) is 3.53. The predicted octanol–water partition coefficient (Wildman–Crippen LogP) is 4.30. The molecular formula is C23H25N5O2. The average Bonchev–Trinajstić information content (AvgIpc) is 3.17. The lowest BCUT2D eigenvalue weighted by molar-refractivity contribution is -0.113. The Labute approximate surface area is 175 Å². The highest BCUT2D eigenvalue weighted by Crippen LogP contribution is 2.35. The van der Waals surface area contributed by atoms with Gasteiger partial charge in [0.1, 0.15) is 18.1 Å². The van der Waals surface area contributed by atoms with Gasteiger partial charge in [0.25, 0.3) is 5.91 Å². The van der Waals surface area contributed by atoms with E-state index in [0.29, 0.717) is 11.5 Å². The van der Waals surface area contributed by atoms with Crippen molar-refractivity contribution in [2.24, 2.45) is 0 Å². The third-order valence-electron chi connectivity index (χ3n) is 4.92. The van der Waals surface area contributed by atoms with Crippen LogP contribution in [-0.4, -0.2) is 26.8 Å². The molecule has 1 aliphatic rings. The molecule has 0 saturated heterocycles. The van der Waals surface area contributed by atoms with E-state index in [-0.39, 0.29) is 12.0 Å². The molecule has 2 N–H and O–H groups in total. The minimum Gasteiger partial charge on any atom is -0.491 e. The lowest BCUT2D eigenvalue weighted by Gasteiger charge is -2.29. The molecule has 2 heterocycles. The van der Waals surface area contributed by atoms with Gasteiger partial charge in [-0.3, -0.25) is 4.79 Å². The number of anilines is 2. The fraction of sp³-hybridized carbons (Fsp3) is 0.261. The largest absolute Gasteiger partial charge is 0.491 e. The summed E-state index contributed by atoms with van der Waals surface area (Å²) in [4.78, 5) is 17.6. The molecule has 1 unspecified atom stereocenters. The monoisotopic (exact) mass is 403 g/mol. The minimum absolute atomic E-state index is 0.0923. The summed E-state index contributed by atoms with van der Waals surface area (Å²) in [6.45, 7) is 7.87. The van der Waals surface area contributed by atoms with Crippen LogP contribution in [0.1, 0.15) is 37.9 Å². The molecule has 2 aromatic carbocycles. The molecule has 7 nitrogen and oxygen atoms in total. The van der Waals surface area contributed by atoms with Crippen molar-refractivity contribution in [1.29, 1.82) is 0 Å². The second-order valence-electron chi connectivity index (χ2n) is 7.65. The first-order valence-electron chi connectivity index (χ1n) is 9.94. The molecule has 3 aromatic rings. The van der Waals surface area contributed by atoms with Crippen molar-refractivity contribution < 1.29 is 9.53 Å². The van der Waals surface area contributed by atoms with Crippen LogP contribution in [0.2, 0.25) is 0 Å². The number of carbonyl (C=O) groups excluding carboxylic acids is 1. The van der Waals surface area contributed by atoms with Crippen LogP contribution >= 0.6 is 0 Å². The van der Waals surface area contributed by atoms with Crippen LogP contribution in [0.15, 0.2) is 66.1 Å². The second kappa shape index (κ2) is 8.02. The standard InChI is InChI=1S/C23H25N5O2/c1-14(2)30-19-11-7-17(8-12-19)21-20(16(4)26-23-24-13-25-28(21)23)22(29)27-18-9-5-15(3)6-10-18/h5-14,21H,1-4H3,(H,27,29)(H,24,25,26). The zero-order chi connectivity index (χ0) is 21.3. The highest BCUT2D eigenvalue weighted by atomic mass is 16.5. The molecule has 0 aliphatic carbocycles. The molecule has 1 aromatic heterocycles. The van der Waals surface area contributed by atoms with E-state index < -0.39 is 6.04 Å². The SMILES string of the molecule is CC1=C(C(=O)Nc2ccc(C)cc2)C(c2ccc(OC(C)C)cc2)n2ncnc2N1. The van der Waals surface area contributed by atoms with Gasteiger partial charge in [0.05, 0.1) is 11.7 Å². The number of fused-ring (bicyclic) bond motifs is 1. The first-order valence-corrected chi connectivity index (χ1v) is 9.94. The van der Waals surface area contributed by atoms with Gasteiger partial charge in [-0.25, -0.2) is 4.68 Å². The van der Waals surface area contributed by atoms with Crippen molar-refractivity contribution in [2.45, 2.75) is 39.8 Å². The van der Waals surface area contributed by atoms with Crippen LogP contribution in [0.4, 0.5) is 11.6 Å². The Morgan fingerprint density at radius 1 is 1.10 bits per heavy atom. The molecule has 7 heteroatoms. The fourth-order valence-corrected chi connectivity index (χ4v) is 3.53. The zero-order valence-electron chi connectivity index (χ0n) is 17.5. The number of nitrogens with zero attached hydrogens (tertiary/aromatic N) is 3. The maximum atomic E-state index is 13.3. The number of allylic oxidation sites excluding steroid dienone is 1. The molecule has 0 spiro atoms. The van der Waals surface area contributed by atoms with Crippen LogP contribution in [0.5, 0.6) is 5.75 Å². The molecule has 1 atom stereocenters. The van der Waals surface area contributed by atoms with Crippen molar-refractivity contribution in [2.75, 3.05) is 10.6 Å². The van der Waals surface area contributed by atoms with Crippen LogP contribution in [0, 0.1) is 6.92 Å². The molecule has 154 valence electrons. The maximum absolute atomic E-state index is 13.3. The van der Waals surface area contributed by atoms with Crippen LogP contribution in [-0.2, 0) is 4.79 Å². The number of carbonyl (C=O) groups is 1. The summed E-state index contributed by atoms with van der Waals surface area (Å²) in [5.41, 5.74) is 4.14. The Bertz CT molecular complexity index is 1080. The summed E-state index contributed by atoms with van der Waals surface area (Å²) in [6.07, 6.45) is 1.58. The van der Waals surface area contributed by atoms with Crippen molar-refractivity contribution in [3.63, 3.8) is 0 Å². The van der Waals surface area contributed by atoms with Gasteiger partial charge in [0, 0.05) is 11.4 Å². The molecule has 1 amide bonds. The zero-order valence-corrected chi connectivity index (χ0v) is 17.5. The molecule has 1 aliphatic heterocycles. The Morgan fingerprint density at radius 3 is 2.47 bits per heavy atom. The van der Waals surface area contributed by atoms with E-state index in [9.17, 15) is 4.79 Å². The normalized spacial score (nSPS) is 15.6. The summed E-state index contributed by atoms with van der Waals surface area (Å²) in [7, 11) is 0. The van der Waals surface area contributed by atoms with Gasteiger partial charge >= 0.3 is 0 Å². The Balaban J connectivity index is 1.70. The highest BCUT2D eigenvalue weighted by molar-refractivity contribution is 6.06. The number of aromatic nitrogens is 3. The second-order valence-corrected chi connectivity index (χ2v) is 7.65. The third kappa shape index (κ3) is 3.91. The van der Waals surface area contributed by atoms with Crippen molar-refractivity contribution >= 4 is 17.5 Å². The first kappa shape index (κ1) is 19.7. The van der Waals surface area contributed by atoms with Crippen molar-refractivity contribution in [3.05, 3.63) is 77.3 Å². The van der Waals surface area contributed by atoms with E-state index in [1.165, 1.54) is 6.33 Å². The van der Waals surface area contributed by atoms with E-state index in [1.54, 1.807) is 4.68 Å². The number of amides is 1. The quantitative estimate of drug-likeness (QED) is 0.664. The number of rotatable bonds is 5. The Hall–Kier alpha value is -3.61. The molecule has 4 rings (SSSR count). The van der Waals surface area contributed by atoms with Crippen LogP contribution in [0.3, 0.4) is 0 Å². The summed E-state index contributed by atoms with van der Waals surface area (Å²) in [5.74, 6) is 1.21. The van der Waals surface area contributed by atoms with Crippen LogP contribution in [0.25, 0.3) is 0 Å². The van der Waals surface area contributed by atoms with Crippen molar-refractivity contribution in [1.82, 2.24) is 14.8 Å². The van der Waals surface area contributed by atoms with E-state index >= 15 is 0 Å². The molecule has 0 fully saturated rings. The highest BCUT2D eigenvalue weighted by Gasteiger charge is 2.33. The Kier molecular flexibility index (Phi) is 5.27. The molecule has 30 heavy (non-hydrogen) atoms. The summed E-state index contributed by atoms with van der Waals surface area (Å²) >= 11 is 0. The maximum Gasteiger partial charge on any atom is 0.255 e. The number of hydrogen-bond acceptors (Lipinski definition) is 5. The van der Waals surface area contributed by atoms with Gasteiger partial charge in [-0.05, 0) is 57.5 Å². The molecule has 0 bridgehead atoms. The van der Waals surface area contributed by atoms with Crippen molar-refractivity contribution in [3.8, 4) is 5.75 Å². The average molecular weight is 403 g/mol. The smallest absolute Gasteiger partial charge is 0.255 e. The lowest BCUT2D eigenvalue weighted by Crippen LogP contribution is -2.31. The topological polar surface area (TPSA) is 81.1 Å². The summed E-state index contributed by atoms with van der Waals surface area (Å²) in [6, 6.07) is 15.1. The Morgan fingerprint density at radius 2 is 1.80 bits per heavy atom. The summed E-state index contributed by atoms with van der Waals surface area (Å²) < 4.78 is 7.49. The van der Waals surface area contributed by atoms with E-state index in [1.807, 2.05) is 76.2 Å². The van der Waals surface area contributed by atoms with Gasteiger partial charge in [-0.2, -0.15) is 10.1 Å². The molecule has 0 saturated carbocycles. The number of benzene rings is 2. The number of nitrogens with one attached hydrogen (secondary N) is 2.